The van der Waals surface area contributed by atoms with E-state index in [1.165, 1.54) is 12.1 Å². The Morgan fingerprint density at radius 1 is 1.06 bits per heavy atom. The molecular weight excluding hydrogens is 261 g/mol. The lowest BCUT2D eigenvalue weighted by Crippen LogP contribution is -2.05. The molecule has 2 aromatic heterocycles. The first-order valence-corrected chi connectivity index (χ1v) is 6.02. The van der Waals surface area contributed by atoms with Gasteiger partial charge in [-0.15, -0.1) is 11.3 Å². The average molecular weight is 268 g/mol. The molecule has 0 aliphatic rings. The minimum Gasteiger partial charge on any atom is -0.232 e. The van der Waals surface area contributed by atoms with Crippen LogP contribution in [0, 0.1) is 0 Å². The van der Waals surface area contributed by atoms with E-state index in [1.807, 2.05) is 11.4 Å². The fourth-order valence-corrected chi connectivity index (χ4v) is 2.48. The number of hydrogen-bond acceptors (Lipinski definition) is 2. The highest BCUT2D eigenvalue weighted by Crippen LogP contribution is 2.30. The summed E-state index contributed by atoms with van der Waals surface area (Å²) in [5, 5.41) is 6.09. The van der Waals surface area contributed by atoms with Gasteiger partial charge in [0.05, 0.1) is 27.7 Å². The highest BCUT2D eigenvalue weighted by molar-refractivity contribution is 7.17. The molecule has 3 rings (SSSR count). The van der Waals surface area contributed by atoms with E-state index in [9.17, 15) is 13.2 Å². The minimum atomic E-state index is -4.31. The molecule has 0 N–H and O–H groups in total. The molecular formula is C12H7F3N2S. The van der Waals surface area contributed by atoms with Crippen LogP contribution in [0.2, 0.25) is 0 Å². The van der Waals surface area contributed by atoms with Crippen molar-refractivity contribution >= 4 is 21.6 Å². The second kappa shape index (κ2) is 3.84. The summed E-state index contributed by atoms with van der Waals surface area (Å²) < 4.78 is 40.0. The summed E-state index contributed by atoms with van der Waals surface area (Å²) in [5.74, 6) is 0. The van der Waals surface area contributed by atoms with Crippen molar-refractivity contribution < 1.29 is 13.2 Å². The van der Waals surface area contributed by atoms with Gasteiger partial charge < -0.3 is 0 Å². The molecule has 3 aromatic rings. The summed E-state index contributed by atoms with van der Waals surface area (Å²) in [6.45, 7) is 0. The molecule has 0 aliphatic carbocycles. The Kier molecular flexibility index (Phi) is 2.41. The van der Waals surface area contributed by atoms with Crippen LogP contribution in [0.3, 0.4) is 0 Å². The molecule has 0 bridgehead atoms. The zero-order chi connectivity index (χ0) is 12.8. The predicted molar refractivity (Wildman–Crippen MR) is 63.9 cm³/mol. The second-order valence-electron chi connectivity index (χ2n) is 3.77. The van der Waals surface area contributed by atoms with Gasteiger partial charge in [0.1, 0.15) is 0 Å². The Morgan fingerprint density at radius 2 is 1.78 bits per heavy atom. The maximum absolute atomic E-state index is 12.4. The molecule has 92 valence electrons. The Labute approximate surface area is 104 Å². The van der Waals surface area contributed by atoms with Crippen LogP contribution in [0.4, 0.5) is 13.2 Å². The van der Waals surface area contributed by atoms with Crippen molar-refractivity contribution in [1.29, 1.82) is 0 Å². The van der Waals surface area contributed by atoms with Gasteiger partial charge in [-0.3, -0.25) is 0 Å². The fraction of sp³-hybridized carbons (Fsp3) is 0.0833. The van der Waals surface area contributed by atoms with Crippen molar-refractivity contribution in [2.45, 2.75) is 6.18 Å². The molecule has 1 aromatic carbocycles. The van der Waals surface area contributed by atoms with Crippen molar-refractivity contribution in [2.24, 2.45) is 0 Å². The molecule has 0 radical (unpaired) electrons. The minimum absolute atomic E-state index is 0.622. The monoisotopic (exact) mass is 268 g/mol. The van der Waals surface area contributed by atoms with E-state index in [0.29, 0.717) is 5.69 Å². The fourth-order valence-electron chi connectivity index (χ4n) is 1.76. The second-order valence-corrected chi connectivity index (χ2v) is 4.72. The van der Waals surface area contributed by atoms with E-state index < -0.39 is 11.7 Å². The SMILES string of the molecule is FC(F)(F)c1ccc(-n2ncc3sccc32)cc1. The lowest BCUT2D eigenvalue weighted by Gasteiger charge is -2.07. The summed E-state index contributed by atoms with van der Waals surface area (Å²) in [5.41, 5.74) is 0.871. The van der Waals surface area contributed by atoms with Crippen molar-refractivity contribution in [3.05, 3.63) is 47.5 Å². The Bertz CT molecular complexity index is 679. The first-order valence-electron chi connectivity index (χ1n) is 5.14. The predicted octanol–water partition coefficient (Wildman–Crippen LogP) is 4.11. The van der Waals surface area contributed by atoms with Crippen molar-refractivity contribution in [3.8, 4) is 5.69 Å². The third-order valence-electron chi connectivity index (χ3n) is 2.63. The molecule has 2 heterocycles. The van der Waals surface area contributed by atoms with E-state index in [0.717, 1.165) is 22.3 Å². The van der Waals surface area contributed by atoms with Crippen molar-refractivity contribution in [3.63, 3.8) is 0 Å². The highest BCUT2D eigenvalue weighted by Gasteiger charge is 2.30. The lowest BCUT2D eigenvalue weighted by atomic mass is 10.2. The number of halogens is 3. The van der Waals surface area contributed by atoms with E-state index in [2.05, 4.69) is 5.10 Å². The number of rotatable bonds is 1. The van der Waals surface area contributed by atoms with Crippen LogP contribution >= 0.6 is 11.3 Å². The summed E-state index contributed by atoms with van der Waals surface area (Å²) in [7, 11) is 0. The molecule has 6 heteroatoms. The van der Waals surface area contributed by atoms with E-state index >= 15 is 0 Å². The summed E-state index contributed by atoms with van der Waals surface area (Å²) in [6, 6.07) is 6.87. The average Bonchev–Trinajstić information content (AvgIpc) is 2.89. The van der Waals surface area contributed by atoms with Gasteiger partial charge >= 0.3 is 6.18 Å². The van der Waals surface area contributed by atoms with Gasteiger partial charge in [0.2, 0.25) is 0 Å². The van der Waals surface area contributed by atoms with Crippen LogP contribution in [-0.2, 0) is 6.18 Å². The number of nitrogens with zero attached hydrogens (tertiary/aromatic N) is 2. The third kappa shape index (κ3) is 1.78. The van der Waals surface area contributed by atoms with Gasteiger partial charge in [0.15, 0.2) is 0 Å². The molecule has 0 atom stereocenters. The normalized spacial score (nSPS) is 12.2. The van der Waals surface area contributed by atoms with Crippen molar-refractivity contribution in [1.82, 2.24) is 9.78 Å². The Balaban J connectivity index is 2.06. The van der Waals surface area contributed by atoms with Crippen LogP contribution in [0.1, 0.15) is 5.56 Å². The van der Waals surface area contributed by atoms with E-state index in [-0.39, 0.29) is 0 Å². The lowest BCUT2D eigenvalue weighted by molar-refractivity contribution is -0.137. The maximum atomic E-state index is 12.4. The first-order chi connectivity index (χ1) is 8.55. The molecule has 0 aliphatic heterocycles. The number of hydrogen-bond donors (Lipinski definition) is 0. The standard InChI is InChI=1S/C12H7F3N2S/c13-12(14,15)8-1-3-9(4-2-8)17-10-5-6-18-11(10)7-16-17/h1-7H. The van der Waals surface area contributed by atoms with Crippen LogP contribution in [0.5, 0.6) is 0 Å². The number of thiophene rings is 1. The van der Waals surface area contributed by atoms with Crippen LogP contribution in [0.15, 0.2) is 41.9 Å². The topological polar surface area (TPSA) is 17.8 Å². The quantitative estimate of drug-likeness (QED) is 0.649. The van der Waals surface area contributed by atoms with E-state index in [1.54, 1.807) is 22.2 Å². The molecule has 0 spiro atoms. The van der Waals surface area contributed by atoms with Crippen LogP contribution in [-0.4, -0.2) is 9.78 Å². The molecule has 0 saturated carbocycles. The number of benzene rings is 1. The molecule has 0 saturated heterocycles. The summed E-state index contributed by atoms with van der Waals surface area (Å²) in [6.07, 6.45) is -2.60. The molecule has 18 heavy (non-hydrogen) atoms. The Morgan fingerprint density at radius 3 is 2.44 bits per heavy atom. The summed E-state index contributed by atoms with van der Waals surface area (Å²) >= 11 is 1.55. The van der Waals surface area contributed by atoms with Crippen molar-refractivity contribution in [2.75, 3.05) is 0 Å². The number of aromatic nitrogens is 2. The van der Waals surface area contributed by atoms with Gasteiger partial charge in [-0.2, -0.15) is 18.3 Å². The number of alkyl halides is 3. The third-order valence-corrected chi connectivity index (χ3v) is 3.47. The molecule has 0 fully saturated rings. The first kappa shape index (κ1) is 11.3. The zero-order valence-electron chi connectivity index (χ0n) is 8.98. The van der Waals surface area contributed by atoms with E-state index in [4.69, 9.17) is 0 Å². The van der Waals surface area contributed by atoms with Crippen LogP contribution < -0.4 is 0 Å². The molecule has 2 nitrogen and oxygen atoms in total. The maximum Gasteiger partial charge on any atom is 0.416 e. The van der Waals surface area contributed by atoms with Crippen LogP contribution in [0.25, 0.3) is 15.9 Å². The van der Waals surface area contributed by atoms with Gasteiger partial charge in [-0.25, -0.2) is 4.68 Å². The van der Waals surface area contributed by atoms with Gasteiger partial charge in [0.25, 0.3) is 0 Å². The summed E-state index contributed by atoms with van der Waals surface area (Å²) in [4.78, 5) is 0. The Hall–Kier alpha value is -1.82. The molecule has 0 amide bonds. The molecule has 0 unspecified atom stereocenters. The number of fused-ring (bicyclic) bond motifs is 1. The highest BCUT2D eigenvalue weighted by atomic mass is 32.1. The van der Waals surface area contributed by atoms with Gasteiger partial charge in [-0.05, 0) is 35.7 Å². The van der Waals surface area contributed by atoms with Gasteiger partial charge in [0, 0.05) is 0 Å². The smallest absolute Gasteiger partial charge is 0.232 e. The largest absolute Gasteiger partial charge is 0.416 e. The van der Waals surface area contributed by atoms with Gasteiger partial charge in [-0.1, -0.05) is 0 Å². The zero-order valence-corrected chi connectivity index (χ0v) is 9.79.